The first-order valence-corrected chi connectivity index (χ1v) is 7.56. The number of aliphatic carboxylic acids is 2. The normalized spacial score (nSPS) is 12.3. The van der Waals surface area contributed by atoms with E-state index in [2.05, 4.69) is 5.32 Å². The van der Waals surface area contributed by atoms with Crippen LogP contribution < -0.4 is 5.32 Å². The van der Waals surface area contributed by atoms with E-state index >= 15 is 0 Å². The highest BCUT2D eigenvalue weighted by Gasteiger charge is 2.21. The van der Waals surface area contributed by atoms with Gasteiger partial charge in [-0.3, -0.25) is 9.59 Å². The molecule has 0 fully saturated rings. The van der Waals surface area contributed by atoms with Crippen molar-refractivity contribution in [1.82, 2.24) is 5.32 Å². The molecule has 1 atom stereocenters. The lowest BCUT2D eigenvalue weighted by atomic mass is 9.95. The number of carboxylic acids is 2. The number of ether oxygens (including phenoxy) is 1. The Morgan fingerprint density at radius 3 is 2.33 bits per heavy atom. The predicted molar refractivity (Wildman–Crippen MR) is 86.6 cm³/mol. The number of carbonyl (C=O) groups is 3. The van der Waals surface area contributed by atoms with Crippen LogP contribution in [0.15, 0.2) is 24.3 Å². The van der Waals surface area contributed by atoms with Crippen LogP contribution in [0.3, 0.4) is 0 Å². The number of hydrogen-bond acceptors (Lipinski definition) is 4. The standard InChI is InChI=1S/C17H23NO6/c1-17(2,3)24-16(23)18-10-12-6-4-5-11(7-12)8-13(15(21)22)9-14(19)20/h4-7,13H,8-10H2,1-3H3,(H,18,23)(H,19,20)(H,21,22). The third-order valence-corrected chi connectivity index (χ3v) is 3.08. The van der Waals surface area contributed by atoms with Gasteiger partial charge in [-0.05, 0) is 38.3 Å². The SMILES string of the molecule is CC(C)(C)OC(=O)NCc1cccc(CC(CC(=O)O)C(=O)O)c1. The number of amides is 1. The van der Waals surface area contributed by atoms with E-state index in [4.69, 9.17) is 14.9 Å². The maximum absolute atomic E-state index is 11.6. The van der Waals surface area contributed by atoms with Gasteiger partial charge < -0.3 is 20.3 Å². The fraction of sp³-hybridized carbons (Fsp3) is 0.471. The van der Waals surface area contributed by atoms with Gasteiger partial charge in [0.25, 0.3) is 0 Å². The van der Waals surface area contributed by atoms with Gasteiger partial charge in [0, 0.05) is 6.54 Å². The van der Waals surface area contributed by atoms with E-state index in [0.29, 0.717) is 5.56 Å². The number of alkyl carbamates (subject to hydrolysis) is 1. The Morgan fingerprint density at radius 2 is 1.79 bits per heavy atom. The van der Waals surface area contributed by atoms with Crippen molar-refractivity contribution in [3.63, 3.8) is 0 Å². The monoisotopic (exact) mass is 337 g/mol. The maximum atomic E-state index is 11.6. The van der Waals surface area contributed by atoms with Crippen molar-refractivity contribution in [2.75, 3.05) is 0 Å². The predicted octanol–water partition coefficient (Wildman–Crippen LogP) is 2.43. The number of carbonyl (C=O) groups excluding carboxylic acids is 1. The number of hydrogen-bond donors (Lipinski definition) is 3. The van der Waals surface area contributed by atoms with Crippen molar-refractivity contribution in [3.8, 4) is 0 Å². The van der Waals surface area contributed by atoms with Crippen LogP contribution in [0.5, 0.6) is 0 Å². The minimum Gasteiger partial charge on any atom is -0.481 e. The molecule has 0 spiro atoms. The molecule has 0 aliphatic carbocycles. The molecule has 0 aliphatic rings. The van der Waals surface area contributed by atoms with E-state index < -0.39 is 36.0 Å². The van der Waals surface area contributed by atoms with Gasteiger partial charge in [0.05, 0.1) is 12.3 Å². The minimum absolute atomic E-state index is 0.113. The minimum atomic E-state index is -1.15. The molecule has 7 heteroatoms. The summed E-state index contributed by atoms with van der Waals surface area (Å²) in [6, 6.07) is 7.00. The van der Waals surface area contributed by atoms with Crippen LogP contribution in [0.1, 0.15) is 38.3 Å². The summed E-state index contributed by atoms with van der Waals surface area (Å²) in [7, 11) is 0. The second kappa shape index (κ2) is 8.33. The van der Waals surface area contributed by atoms with Crippen molar-refractivity contribution in [2.24, 2.45) is 5.92 Å². The van der Waals surface area contributed by atoms with Gasteiger partial charge in [-0.25, -0.2) is 4.79 Å². The van der Waals surface area contributed by atoms with Crippen molar-refractivity contribution in [1.29, 1.82) is 0 Å². The summed E-state index contributed by atoms with van der Waals surface area (Å²) in [6.07, 6.45) is -0.861. The van der Waals surface area contributed by atoms with Crippen molar-refractivity contribution >= 4 is 18.0 Å². The third kappa shape index (κ3) is 7.62. The molecule has 0 aromatic heterocycles. The van der Waals surface area contributed by atoms with Crippen LogP contribution in [0.2, 0.25) is 0 Å². The highest BCUT2D eigenvalue weighted by atomic mass is 16.6. The zero-order valence-electron chi connectivity index (χ0n) is 14.0. The van der Waals surface area contributed by atoms with E-state index in [-0.39, 0.29) is 13.0 Å². The van der Waals surface area contributed by atoms with Crippen molar-refractivity contribution < 1.29 is 29.3 Å². The average molecular weight is 337 g/mol. The van der Waals surface area contributed by atoms with E-state index in [1.165, 1.54) is 0 Å². The zero-order chi connectivity index (χ0) is 18.3. The van der Waals surface area contributed by atoms with Gasteiger partial charge in [0.15, 0.2) is 0 Å². The first-order chi connectivity index (χ1) is 11.1. The van der Waals surface area contributed by atoms with E-state index in [1.54, 1.807) is 45.0 Å². The molecular formula is C17H23NO6. The Morgan fingerprint density at radius 1 is 1.17 bits per heavy atom. The molecule has 0 radical (unpaired) electrons. The largest absolute Gasteiger partial charge is 0.481 e. The molecule has 0 heterocycles. The average Bonchev–Trinajstić information content (AvgIpc) is 2.42. The smallest absolute Gasteiger partial charge is 0.407 e. The Balaban J connectivity index is 2.67. The fourth-order valence-corrected chi connectivity index (χ4v) is 2.10. The van der Waals surface area contributed by atoms with Crippen LogP contribution in [0.25, 0.3) is 0 Å². The number of carboxylic acid groups (broad SMARTS) is 2. The second-order valence-corrected chi connectivity index (χ2v) is 6.51. The van der Waals surface area contributed by atoms with Crippen LogP contribution in [-0.4, -0.2) is 33.8 Å². The molecule has 1 aromatic carbocycles. The number of benzene rings is 1. The summed E-state index contributed by atoms with van der Waals surface area (Å²) in [4.78, 5) is 33.5. The summed E-state index contributed by atoms with van der Waals surface area (Å²) >= 11 is 0. The lowest BCUT2D eigenvalue weighted by molar-refractivity contribution is -0.148. The second-order valence-electron chi connectivity index (χ2n) is 6.51. The van der Waals surface area contributed by atoms with Crippen LogP contribution >= 0.6 is 0 Å². The fourth-order valence-electron chi connectivity index (χ4n) is 2.10. The molecule has 3 N–H and O–H groups in total. The maximum Gasteiger partial charge on any atom is 0.407 e. The molecule has 0 saturated heterocycles. The van der Waals surface area contributed by atoms with E-state index in [0.717, 1.165) is 5.56 Å². The number of rotatable bonds is 7. The molecule has 1 unspecified atom stereocenters. The van der Waals surface area contributed by atoms with Crippen LogP contribution in [0.4, 0.5) is 4.79 Å². The topological polar surface area (TPSA) is 113 Å². The molecule has 0 saturated carbocycles. The Labute approximate surface area is 140 Å². The summed E-state index contributed by atoms with van der Waals surface area (Å²) in [5, 5.41) is 20.5. The van der Waals surface area contributed by atoms with Gasteiger partial charge in [-0.15, -0.1) is 0 Å². The van der Waals surface area contributed by atoms with Gasteiger partial charge in [-0.1, -0.05) is 24.3 Å². The summed E-state index contributed by atoms with van der Waals surface area (Å²) < 4.78 is 5.14. The van der Waals surface area contributed by atoms with Gasteiger partial charge >= 0.3 is 18.0 Å². The molecule has 1 rings (SSSR count). The van der Waals surface area contributed by atoms with Crippen molar-refractivity contribution in [2.45, 2.75) is 45.8 Å². The van der Waals surface area contributed by atoms with Crippen molar-refractivity contribution in [3.05, 3.63) is 35.4 Å². The van der Waals surface area contributed by atoms with Gasteiger partial charge in [-0.2, -0.15) is 0 Å². The summed E-state index contributed by atoms with van der Waals surface area (Å²) in [5.74, 6) is -3.28. The zero-order valence-corrected chi connectivity index (χ0v) is 14.0. The molecule has 132 valence electrons. The molecule has 0 aliphatic heterocycles. The summed E-state index contributed by atoms with van der Waals surface area (Å²) in [6.45, 7) is 5.53. The first-order valence-electron chi connectivity index (χ1n) is 7.56. The highest BCUT2D eigenvalue weighted by molar-refractivity contribution is 5.78. The molecule has 1 amide bonds. The quantitative estimate of drug-likeness (QED) is 0.704. The number of nitrogens with one attached hydrogen (secondary N) is 1. The molecule has 7 nitrogen and oxygen atoms in total. The van der Waals surface area contributed by atoms with E-state index in [9.17, 15) is 14.4 Å². The highest BCUT2D eigenvalue weighted by Crippen LogP contribution is 2.15. The molecule has 24 heavy (non-hydrogen) atoms. The lowest BCUT2D eigenvalue weighted by Gasteiger charge is -2.19. The van der Waals surface area contributed by atoms with E-state index in [1.807, 2.05) is 0 Å². The van der Waals surface area contributed by atoms with Gasteiger partial charge in [0.1, 0.15) is 5.60 Å². The first kappa shape index (κ1) is 19.5. The lowest BCUT2D eigenvalue weighted by Crippen LogP contribution is -2.32. The molecule has 0 bridgehead atoms. The van der Waals surface area contributed by atoms with Crippen LogP contribution in [-0.2, 0) is 27.3 Å². The van der Waals surface area contributed by atoms with Gasteiger partial charge in [0.2, 0.25) is 0 Å². The third-order valence-electron chi connectivity index (χ3n) is 3.08. The molecule has 1 aromatic rings. The summed E-state index contributed by atoms with van der Waals surface area (Å²) in [5.41, 5.74) is 0.891. The Kier molecular flexibility index (Phi) is 6.76. The molecular weight excluding hydrogens is 314 g/mol. The Hall–Kier alpha value is -2.57. The van der Waals surface area contributed by atoms with Crippen LogP contribution in [0, 0.1) is 5.92 Å². The Bertz CT molecular complexity index is 605.